The Kier molecular flexibility index (Phi) is 4.55. The van der Waals surface area contributed by atoms with Crippen molar-refractivity contribution in [1.29, 1.82) is 0 Å². The van der Waals surface area contributed by atoms with Crippen molar-refractivity contribution in [2.75, 3.05) is 22.4 Å². The fraction of sp³-hybridized carbons (Fsp3) is 0.333. The second-order valence-corrected chi connectivity index (χ2v) is 13.3. The summed E-state index contributed by atoms with van der Waals surface area (Å²) in [5.41, 5.74) is 1.52. The molecule has 0 aliphatic carbocycles. The molecule has 0 N–H and O–H groups in total. The van der Waals surface area contributed by atoms with Crippen LogP contribution in [0.2, 0.25) is 0 Å². The van der Waals surface area contributed by atoms with Gasteiger partial charge in [-0.1, -0.05) is 24.3 Å². The molecule has 2 aromatic carbocycles. The molecule has 4 rings (SSSR count). The van der Waals surface area contributed by atoms with Crippen LogP contribution in [0, 0.1) is 0 Å². The second-order valence-electron chi connectivity index (χ2n) is 7.00. The first-order valence-electron chi connectivity index (χ1n) is 8.76. The van der Waals surface area contributed by atoms with E-state index < -0.39 is 40.7 Å². The number of sulfone groups is 2. The number of sulfonamides is 1. The first-order valence-corrected chi connectivity index (χ1v) is 13.6. The largest absolute Gasteiger partial charge is 0.266 e. The summed E-state index contributed by atoms with van der Waals surface area (Å²) in [6.07, 6.45) is 0.620. The summed E-state index contributed by atoms with van der Waals surface area (Å²) in [6, 6.07) is 12.4. The van der Waals surface area contributed by atoms with E-state index in [2.05, 4.69) is 0 Å². The zero-order valence-corrected chi connectivity index (χ0v) is 17.3. The summed E-state index contributed by atoms with van der Waals surface area (Å²) in [6.45, 7) is 0.291. The van der Waals surface area contributed by atoms with Crippen LogP contribution in [0.25, 0.3) is 0 Å². The van der Waals surface area contributed by atoms with Gasteiger partial charge in [-0.2, -0.15) is 0 Å². The minimum absolute atomic E-state index is 0.0289. The number of fused-ring (bicyclic) bond motifs is 1. The molecule has 1 fully saturated rings. The lowest BCUT2D eigenvalue weighted by atomic mass is 10.2. The summed E-state index contributed by atoms with van der Waals surface area (Å²) >= 11 is 0. The molecule has 2 aromatic rings. The maximum absolute atomic E-state index is 13.1. The Bertz CT molecular complexity index is 1250. The van der Waals surface area contributed by atoms with Crippen LogP contribution >= 0.6 is 0 Å². The van der Waals surface area contributed by atoms with Gasteiger partial charge < -0.3 is 0 Å². The zero-order chi connectivity index (χ0) is 20.2. The molecule has 0 bridgehead atoms. The van der Waals surface area contributed by atoms with Gasteiger partial charge in [0.05, 0.1) is 32.2 Å². The topological polar surface area (TPSA) is 106 Å². The molecule has 7 nitrogen and oxygen atoms in total. The third-order valence-electron chi connectivity index (χ3n) is 5.20. The summed E-state index contributed by atoms with van der Waals surface area (Å²) in [5.74, 6) is -0.592. The molecule has 1 saturated heterocycles. The first kappa shape index (κ1) is 19.4. The minimum atomic E-state index is -3.94. The lowest BCUT2D eigenvalue weighted by Crippen LogP contribution is -2.29. The van der Waals surface area contributed by atoms with Gasteiger partial charge in [-0.05, 0) is 42.7 Å². The maximum atomic E-state index is 13.1. The van der Waals surface area contributed by atoms with E-state index in [9.17, 15) is 25.3 Å². The standard InChI is InChI=1S/C18H19NO6S3/c20-26(21)11-9-17(13-26)27(22,23)15-5-3-6-16(12-15)28(24,25)19-10-8-14-4-1-2-7-18(14)19/h1-7,12,17H,8-11,13H2/t17-/m0/s1. The van der Waals surface area contributed by atoms with Crippen LogP contribution in [0.1, 0.15) is 12.0 Å². The Balaban J connectivity index is 1.72. The number of para-hydroxylation sites is 1. The summed E-state index contributed by atoms with van der Waals surface area (Å²) in [5, 5.41) is -1.04. The van der Waals surface area contributed by atoms with Crippen LogP contribution in [-0.2, 0) is 36.1 Å². The highest BCUT2D eigenvalue weighted by Crippen LogP contribution is 2.34. The number of hydrogen-bond donors (Lipinski definition) is 0. The average molecular weight is 442 g/mol. The molecule has 150 valence electrons. The molecule has 0 unspecified atom stereocenters. The van der Waals surface area contributed by atoms with Gasteiger partial charge in [0.15, 0.2) is 19.7 Å². The van der Waals surface area contributed by atoms with Crippen molar-refractivity contribution in [2.45, 2.75) is 27.9 Å². The van der Waals surface area contributed by atoms with Gasteiger partial charge in [-0.3, -0.25) is 4.31 Å². The molecule has 28 heavy (non-hydrogen) atoms. The SMILES string of the molecule is O=S1(=O)CC[C@H](S(=O)(=O)c2cccc(S(=O)(=O)N3CCc4ccccc43)c2)C1. The van der Waals surface area contributed by atoms with Crippen molar-refractivity contribution in [3.63, 3.8) is 0 Å². The molecular weight excluding hydrogens is 422 g/mol. The molecular formula is C18H19NO6S3. The molecule has 0 aromatic heterocycles. The van der Waals surface area contributed by atoms with Crippen molar-refractivity contribution < 1.29 is 25.3 Å². The Morgan fingerprint density at radius 2 is 1.64 bits per heavy atom. The zero-order valence-electron chi connectivity index (χ0n) is 14.9. The van der Waals surface area contributed by atoms with Crippen molar-refractivity contribution >= 4 is 35.4 Å². The molecule has 0 saturated carbocycles. The number of anilines is 1. The Morgan fingerprint density at radius 3 is 2.36 bits per heavy atom. The summed E-state index contributed by atoms with van der Waals surface area (Å²) < 4.78 is 76.6. The van der Waals surface area contributed by atoms with Crippen LogP contribution in [0.5, 0.6) is 0 Å². The van der Waals surface area contributed by atoms with Crippen LogP contribution in [0.3, 0.4) is 0 Å². The number of rotatable bonds is 4. The molecule has 1 atom stereocenters. The van der Waals surface area contributed by atoms with E-state index >= 15 is 0 Å². The molecule has 0 spiro atoms. The van der Waals surface area contributed by atoms with Crippen LogP contribution in [0.15, 0.2) is 58.3 Å². The van der Waals surface area contributed by atoms with Gasteiger partial charge in [0.2, 0.25) is 0 Å². The van der Waals surface area contributed by atoms with Crippen molar-refractivity contribution in [3.05, 3.63) is 54.1 Å². The Labute approximate surface area is 164 Å². The highest BCUT2D eigenvalue weighted by Gasteiger charge is 2.39. The van der Waals surface area contributed by atoms with Gasteiger partial charge in [-0.15, -0.1) is 0 Å². The van der Waals surface area contributed by atoms with Gasteiger partial charge in [-0.25, -0.2) is 25.3 Å². The summed E-state index contributed by atoms with van der Waals surface area (Å²) in [7, 11) is -11.2. The molecule has 2 aliphatic heterocycles. The lowest BCUT2D eigenvalue weighted by molar-refractivity contribution is 0.581. The number of benzene rings is 2. The fourth-order valence-electron chi connectivity index (χ4n) is 3.69. The molecule has 2 heterocycles. The van der Waals surface area contributed by atoms with Crippen LogP contribution in [-0.4, -0.2) is 48.6 Å². The fourth-order valence-corrected chi connectivity index (χ4v) is 9.72. The van der Waals surface area contributed by atoms with E-state index in [0.29, 0.717) is 18.7 Å². The van der Waals surface area contributed by atoms with Crippen molar-refractivity contribution in [3.8, 4) is 0 Å². The number of hydrogen-bond acceptors (Lipinski definition) is 6. The second kappa shape index (κ2) is 6.57. The van der Waals surface area contributed by atoms with E-state index in [1.165, 1.54) is 22.5 Å². The average Bonchev–Trinajstić information content (AvgIpc) is 3.25. The van der Waals surface area contributed by atoms with Crippen molar-refractivity contribution in [2.24, 2.45) is 0 Å². The monoisotopic (exact) mass is 441 g/mol. The van der Waals surface area contributed by atoms with Crippen LogP contribution in [0.4, 0.5) is 5.69 Å². The maximum Gasteiger partial charge on any atom is 0.264 e. The van der Waals surface area contributed by atoms with Gasteiger partial charge in [0, 0.05) is 6.54 Å². The van der Waals surface area contributed by atoms with Crippen LogP contribution < -0.4 is 4.31 Å². The minimum Gasteiger partial charge on any atom is -0.266 e. The Hall–Kier alpha value is -1.91. The smallest absolute Gasteiger partial charge is 0.264 e. The molecule has 2 aliphatic rings. The van der Waals surface area contributed by atoms with E-state index in [-0.39, 0.29) is 22.0 Å². The molecule has 0 radical (unpaired) electrons. The normalized spacial score (nSPS) is 21.6. The van der Waals surface area contributed by atoms with Gasteiger partial charge in [0.25, 0.3) is 10.0 Å². The number of nitrogens with zero attached hydrogens (tertiary/aromatic N) is 1. The lowest BCUT2D eigenvalue weighted by Gasteiger charge is -2.20. The third kappa shape index (κ3) is 3.23. The van der Waals surface area contributed by atoms with Crippen molar-refractivity contribution in [1.82, 2.24) is 0 Å². The predicted molar refractivity (Wildman–Crippen MR) is 105 cm³/mol. The predicted octanol–water partition coefficient (Wildman–Crippen LogP) is 1.40. The highest BCUT2D eigenvalue weighted by atomic mass is 32.2. The quantitative estimate of drug-likeness (QED) is 0.710. The third-order valence-corrected chi connectivity index (χ3v) is 11.2. The van der Waals surface area contributed by atoms with E-state index in [0.717, 1.165) is 11.6 Å². The summed E-state index contributed by atoms with van der Waals surface area (Å²) in [4.78, 5) is -0.283. The van der Waals surface area contributed by atoms with E-state index in [1.54, 1.807) is 12.1 Å². The highest BCUT2D eigenvalue weighted by molar-refractivity contribution is 7.96. The van der Waals surface area contributed by atoms with E-state index in [1.807, 2.05) is 12.1 Å². The van der Waals surface area contributed by atoms with Gasteiger partial charge in [0.1, 0.15) is 0 Å². The first-order chi connectivity index (χ1) is 13.1. The van der Waals surface area contributed by atoms with E-state index in [4.69, 9.17) is 0 Å². The van der Waals surface area contributed by atoms with Gasteiger partial charge >= 0.3 is 0 Å². The molecule has 0 amide bonds. The Morgan fingerprint density at radius 1 is 0.929 bits per heavy atom. The molecule has 10 heteroatoms.